The van der Waals surface area contributed by atoms with E-state index < -0.39 is 41.8 Å². The van der Waals surface area contributed by atoms with Gasteiger partial charge in [0.1, 0.15) is 0 Å². The van der Waals surface area contributed by atoms with Gasteiger partial charge in [-0.2, -0.15) is 0 Å². The van der Waals surface area contributed by atoms with Crippen LogP contribution in [0, 0.1) is 11.8 Å². The second-order valence-electron chi connectivity index (χ2n) is 5.84. The number of ether oxygens (including phenoxy) is 1. The van der Waals surface area contributed by atoms with Crippen LogP contribution in [-0.2, 0) is 19.1 Å². The zero-order chi connectivity index (χ0) is 17.4. The van der Waals surface area contributed by atoms with Gasteiger partial charge in [-0.3, -0.25) is 28.9 Å². The van der Waals surface area contributed by atoms with Gasteiger partial charge in [-0.1, -0.05) is 12.1 Å². The Morgan fingerprint density at radius 1 is 1.12 bits per heavy atom. The summed E-state index contributed by atoms with van der Waals surface area (Å²) in [5.41, 5.74) is 0.414. The average Bonchev–Trinajstić information content (AvgIpc) is 3.40. The van der Waals surface area contributed by atoms with Gasteiger partial charge in [-0.25, -0.2) is 0 Å². The second-order valence-corrected chi connectivity index (χ2v) is 5.84. The number of hydrogen-bond donors (Lipinski definition) is 0. The molecule has 0 unspecified atom stereocenters. The van der Waals surface area contributed by atoms with Crippen molar-refractivity contribution < 1.29 is 28.7 Å². The fraction of sp³-hybridized carbons (Fsp3) is 0.353. The lowest BCUT2D eigenvalue weighted by atomic mass is 9.95. The number of amides is 2. The molecule has 3 rings (SSSR count). The Morgan fingerprint density at radius 3 is 2.12 bits per heavy atom. The van der Waals surface area contributed by atoms with E-state index in [1.165, 1.54) is 12.1 Å². The third kappa shape index (κ3) is 2.62. The first-order chi connectivity index (χ1) is 11.5. The lowest BCUT2D eigenvalue weighted by Gasteiger charge is -2.17. The van der Waals surface area contributed by atoms with Crippen LogP contribution in [-0.4, -0.2) is 47.9 Å². The summed E-state index contributed by atoms with van der Waals surface area (Å²) in [7, 11) is 1.09. The van der Waals surface area contributed by atoms with Gasteiger partial charge in [0.15, 0.2) is 17.5 Å². The molecule has 0 N–H and O–H groups in total. The number of imide groups is 1. The molecule has 7 nitrogen and oxygen atoms in total. The van der Waals surface area contributed by atoms with Crippen LogP contribution in [0.5, 0.6) is 0 Å². The number of carbonyl (C=O) groups is 5. The van der Waals surface area contributed by atoms with Crippen LogP contribution < -0.4 is 0 Å². The average molecular weight is 329 g/mol. The molecule has 1 atom stereocenters. The van der Waals surface area contributed by atoms with E-state index in [9.17, 15) is 24.0 Å². The molecule has 0 bridgehead atoms. The maximum absolute atomic E-state index is 12.4. The predicted molar refractivity (Wildman–Crippen MR) is 80.1 cm³/mol. The summed E-state index contributed by atoms with van der Waals surface area (Å²) >= 11 is 0. The summed E-state index contributed by atoms with van der Waals surface area (Å²) in [4.78, 5) is 61.8. The van der Waals surface area contributed by atoms with E-state index in [1.54, 1.807) is 12.1 Å². The van der Waals surface area contributed by atoms with Crippen molar-refractivity contribution in [2.45, 2.75) is 12.8 Å². The number of fused-ring (bicyclic) bond motifs is 1. The molecule has 1 fully saturated rings. The molecular formula is C17H15NO6. The van der Waals surface area contributed by atoms with Crippen LogP contribution in [0.1, 0.15) is 33.6 Å². The first kappa shape index (κ1) is 16.0. The number of esters is 1. The fourth-order valence-corrected chi connectivity index (χ4v) is 2.76. The van der Waals surface area contributed by atoms with Crippen molar-refractivity contribution in [2.75, 3.05) is 13.7 Å². The smallest absolute Gasteiger partial charge is 0.323 e. The maximum Gasteiger partial charge on any atom is 0.323 e. The standard InChI is InChI=1S/C17H15NO6/c1-24-17(23)13(14(20)9-6-7-9)12(19)8-18-15(21)10-4-2-3-5-11(10)16(18)22/h2-5,9,13H,6-8H2,1H3/t13-/m0/s1. The minimum Gasteiger partial charge on any atom is -0.468 e. The molecule has 0 aromatic heterocycles. The van der Waals surface area contributed by atoms with Gasteiger partial charge in [-0.05, 0) is 25.0 Å². The zero-order valence-corrected chi connectivity index (χ0v) is 13.0. The lowest BCUT2D eigenvalue weighted by molar-refractivity contribution is -0.153. The van der Waals surface area contributed by atoms with Gasteiger partial charge in [0, 0.05) is 5.92 Å². The monoisotopic (exact) mass is 329 g/mol. The SMILES string of the molecule is COC(=O)[C@@H](C(=O)CN1C(=O)c2ccccc2C1=O)C(=O)C1CC1. The second kappa shape index (κ2) is 5.99. The van der Waals surface area contributed by atoms with Gasteiger partial charge < -0.3 is 4.74 Å². The van der Waals surface area contributed by atoms with Crippen LogP contribution in [0.15, 0.2) is 24.3 Å². The van der Waals surface area contributed by atoms with Crippen molar-refractivity contribution >= 4 is 29.4 Å². The Bertz CT molecular complexity index is 729. The molecule has 2 aliphatic rings. The van der Waals surface area contributed by atoms with Crippen molar-refractivity contribution in [3.63, 3.8) is 0 Å². The van der Waals surface area contributed by atoms with Crippen molar-refractivity contribution in [3.8, 4) is 0 Å². The molecule has 0 spiro atoms. The Hall–Kier alpha value is -2.83. The minimum atomic E-state index is -1.58. The predicted octanol–water partition coefficient (Wildman–Crippen LogP) is 0.620. The molecule has 0 radical (unpaired) electrons. The number of Topliss-reactive ketones (excluding diaryl/α,β-unsaturated/α-hetero) is 2. The molecular weight excluding hydrogens is 314 g/mol. The van der Waals surface area contributed by atoms with E-state index in [-0.39, 0.29) is 17.0 Å². The molecule has 1 aromatic carbocycles. The Morgan fingerprint density at radius 2 is 1.67 bits per heavy atom. The summed E-state index contributed by atoms with van der Waals surface area (Å²) in [6.07, 6.45) is 1.26. The van der Waals surface area contributed by atoms with E-state index in [4.69, 9.17) is 0 Å². The van der Waals surface area contributed by atoms with Gasteiger partial charge in [0.05, 0.1) is 24.8 Å². The molecule has 1 aromatic rings. The first-order valence-corrected chi connectivity index (χ1v) is 7.55. The number of benzene rings is 1. The van der Waals surface area contributed by atoms with Gasteiger partial charge in [0.2, 0.25) is 0 Å². The number of ketones is 2. The normalized spacial score (nSPS) is 17.5. The lowest BCUT2D eigenvalue weighted by Crippen LogP contribution is -2.42. The van der Waals surface area contributed by atoms with Crippen molar-refractivity contribution in [1.82, 2.24) is 4.90 Å². The van der Waals surface area contributed by atoms with Crippen LogP contribution in [0.25, 0.3) is 0 Å². The number of methoxy groups -OCH3 is 1. The summed E-state index contributed by atoms with van der Waals surface area (Å²) < 4.78 is 4.54. The number of rotatable bonds is 6. The van der Waals surface area contributed by atoms with E-state index in [1.807, 2.05) is 0 Å². The highest BCUT2D eigenvalue weighted by atomic mass is 16.5. The van der Waals surface area contributed by atoms with E-state index in [0.29, 0.717) is 12.8 Å². The van der Waals surface area contributed by atoms with Crippen molar-refractivity contribution in [3.05, 3.63) is 35.4 Å². The van der Waals surface area contributed by atoms with Crippen LogP contribution in [0.2, 0.25) is 0 Å². The summed E-state index contributed by atoms with van der Waals surface area (Å²) in [6.45, 7) is -0.620. The summed E-state index contributed by atoms with van der Waals surface area (Å²) in [5.74, 6) is -5.35. The number of hydrogen-bond acceptors (Lipinski definition) is 6. The van der Waals surface area contributed by atoms with E-state index >= 15 is 0 Å². The molecule has 24 heavy (non-hydrogen) atoms. The van der Waals surface area contributed by atoms with E-state index in [0.717, 1.165) is 12.0 Å². The highest BCUT2D eigenvalue weighted by Gasteiger charge is 2.45. The van der Waals surface area contributed by atoms with Crippen LogP contribution >= 0.6 is 0 Å². The number of nitrogens with zero attached hydrogens (tertiary/aromatic N) is 1. The maximum atomic E-state index is 12.4. The van der Waals surface area contributed by atoms with Gasteiger partial charge in [0.25, 0.3) is 11.8 Å². The molecule has 1 heterocycles. The fourth-order valence-electron chi connectivity index (χ4n) is 2.76. The third-order valence-electron chi connectivity index (χ3n) is 4.22. The third-order valence-corrected chi connectivity index (χ3v) is 4.22. The Labute approximate surface area is 137 Å². The zero-order valence-electron chi connectivity index (χ0n) is 13.0. The molecule has 124 valence electrons. The molecule has 1 saturated carbocycles. The highest BCUT2D eigenvalue weighted by Crippen LogP contribution is 2.33. The number of carbonyl (C=O) groups excluding carboxylic acids is 5. The van der Waals surface area contributed by atoms with Crippen LogP contribution in [0.4, 0.5) is 0 Å². The molecule has 1 aliphatic heterocycles. The van der Waals surface area contributed by atoms with Gasteiger partial charge >= 0.3 is 5.97 Å². The highest BCUT2D eigenvalue weighted by molar-refractivity contribution is 6.25. The topological polar surface area (TPSA) is 97.8 Å². The van der Waals surface area contributed by atoms with Crippen molar-refractivity contribution in [2.24, 2.45) is 11.8 Å². The Balaban J connectivity index is 1.81. The summed E-state index contributed by atoms with van der Waals surface area (Å²) in [5, 5.41) is 0. The molecule has 2 amide bonds. The molecule has 0 saturated heterocycles. The van der Waals surface area contributed by atoms with Crippen LogP contribution in [0.3, 0.4) is 0 Å². The summed E-state index contributed by atoms with van der Waals surface area (Å²) in [6, 6.07) is 6.22. The first-order valence-electron chi connectivity index (χ1n) is 7.55. The van der Waals surface area contributed by atoms with E-state index in [2.05, 4.69) is 4.74 Å². The van der Waals surface area contributed by atoms with Crippen molar-refractivity contribution in [1.29, 1.82) is 0 Å². The molecule has 7 heteroatoms. The Kier molecular flexibility index (Phi) is 4.01. The minimum absolute atomic E-state index is 0.207. The quantitative estimate of drug-likeness (QED) is 0.431. The molecule has 1 aliphatic carbocycles. The largest absolute Gasteiger partial charge is 0.468 e. The van der Waals surface area contributed by atoms with Gasteiger partial charge in [-0.15, -0.1) is 0 Å².